The van der Waals surface area contributed by atoms with Gasteiger partial charge in [-0.25, -0.2) is 4.39 Å². The second kappa shape index (κ2) is 6.32. The van der Waals surface area contributed by atoms with Crippen LogP contribution in [0.2, 0.25) is 0 Å². The first-order valence-corrected chi connectivity index (χ1v) is 7.78. The smallest absolute Gasteiger partial charge is 0.219 e. The monoisotopic (exact) mass is 322 g/mol. The Bertz CT molecular complexity index is 793. The molecule has 2 aromatic rings. The van der Waals surface area contributed by atoms with Crippen molar-refractivity contribution >= 4 is 11.6 Å². The number of carbonyl (C=O) groups is 1. The highest BCUT2D eigenvalue weighted by Gasteiger charge is 2.37. The third-order valence-electron chi connectivity index (χ3n) is 4.03. The van der Waals surface area contributed by atoms with Gasteiger partial charge in [-0.15, -0.1) is 0 Å². The zero-order chi connectivity index (χ0) is 17.2. The van der Waals surface area contributed by atoms with Crippen LogP contribution in [0.4, 0.5) is 10.1 Å². The van der Waals surface area contributed by atoms with Crippen LogP contribution in [0.15, 0.2) is 73.0 Å². The first kappa shape index (κ1) is 16.0. The van der Waals surface area contributed by atoms with E-state index in [0.29, 0.717) is 0 Å². The van der Waals surface area contributed by atoms with Gasteiger partial charge in [-0.3, -0.25) is 4.79 Å². The van der Waals surface area contributed by atoms with Crippen molar-refractivity contribution in [2.24, 2.45) is 0 Å². The van der Waals surface area contributed by atoms with Crippen molar-refractivity contribution in [1.29, 1.82) is 0 Å². The van der Waals surface area contributed by atoms with Gasteiger partial charge in [0.05, 0.1) is 0 Å². The van der Waals surface area contributed by atoms with Gasteiger partial charge >= 0.3 is 0 Å². The molecule has 0 fully saturated rings. The maximum absolute atomic E-state index is 13.4. The lowest BCUT2D eigenvalue weighted by Crippen LogP contribution is -2.55. The van der Waals surface area contributed by atoms with Crippen LogP contribution in [0.5, 0.6) is 0 Å². The summed E-state index contributed by atoms with van der Waals surface area (Å²) in [4.78, 5) is 13.9. The van der Waals surface area contributed by atoms with Crippen LogP contribution >= 0.6 is 0 Å². The van der Waals surface area contributed by atoms with Crippen molar-refractivity contribution in [1.82, 2.24) is 5.32 Å². The van der Waals surface area contributed by atoms with Crippen LogP contribution in [-0.2, 0) is 10.5 Å². The maximum Gasteiger partial charge on any atom is 0.219 e. The van der Waals surface area contributed by atoms with E-state index in [2.05, 4.69) is 5.32 Å². The molecule has 0 spiro atoms. The van der Waals surface area contributed by atoms with Crippen molar-refractivity contribution in [3.63, 3.8) is 0 Å². The van der Waals surface area contributed by atoms with Crippen molar-refractivity contribution in [3.05, 3.63) is 89.9 Å². The van der Waals surface area contributed by atoms with Crippen LogP contribution in [-0.4, -0.2) is 5.91 Å². The summed E-state index contributed by atoms with van der Waals surface area (Å²) in [6, 6.07) is 14.2. The summed E-state index contributed by atoms with van der Waals surface area (Å²) < 4.78 is 13.4. The summed E-state index contributed by atoms with van der Waals surface area (Å²) in [7, 11) is 0. The first-order valence-electron chi connectivity index (χ1n) is 7.78. The molecule has 2 aromatic carbocycles. The standard InChI is InChI=1S/C20H19FN2O/c1-15-5-11-19(12-6-15)23-14-4-3-13-20(23,22-16(2)24)17-7-9-18(21)10-8-17/h3-14H,1-2H3,(H,22,24). The number of nitrogens with one attached hydrogen (secondary N) is 1. The van der Waals surface area contributed by atoms with Gasteiger partial charge in [0.25, 0.3) is 0 Å². The Morgan fingerprint density at radius 1 is 1.04 bits per heavy atom. The number of hydrogen-bond acceptors (Lipinski definition) is 2. The number of anilines is 1. The number of rotatable bonds is 3. The molecule has 0 bridgehead atoms. The third-order valence-corrected chi connectivity index (χ3v) is 4.03. The first-order chi connectivity index (χ1) is 11.5. The fourth-order valence-electron chi connectivity index (χ4n) is 2.91. The minimum absolute atomic E-state index is 0.170. The molecule has 1 unspecified atom stereocenters. The van der Waals surface area contributed by atoms with E-state index in [-0.39, 0.29) is 11.7 Å². The molecule has 4 heteroatoms. The molecule has 3 nitrogen and oxygen atoms in total. The summed E-state index contributed by atoms with van der Waals surface area (Å²) in [5.74, 6) is -0.481. The van der Waals surface area contributed by atoms with Crippen molar-refractivity contribution in [2.75, 3.05) is 4.90 Å². The molecular weight excluding hydrogens is 303 g/mol. The molecule has 0 saturated heterocycles. The number of aryl methyl sites for hydroxylation is 1. The van der Waals surface area contributed by atoms with Gasteiger partial charge < -0.3 is 10.2 Å². The summed E-state index contributed by atoms with van der Waals surface area (Å²) >= 11 is 0. The Kier molecular flexibility index (Phi) is 4.21. The molecule has 1 N–H and O–H groups in total. The Hall–Kier alpha value is -2.88. The number of nitrogens with zero attached hydrogens (tertiary/aromatic N) is 1. The Morgan fingerprint density at radius 2 is 1.71 bits per heavy atom. The van der Waals surface area contributed by atoms with E-state index in [0.717, 1.165) is 16.8 Å². The number of amides is 1. The molecular formula is C20H19FN2O. The Labute approximate surface area is 141 Å². The van der Waals surface area contributed by atoms with Crippen LogP contribution in [0.1, 0.15) is 18.1 Å². The Balaban J connectivity index is 2.15. The highest BCUT2D eigenvalue weighted by molar-refractivity contribution is 5.76. The van der Waals surface area contributed by atoms with E-state index in [9.17, 15) is 9.18 Å². The minimum Gasteiger partial charge on any atom is -0.326 e. The second-order valence-electron chi connectivity index (χ2n) is 5.86. The van der Waals surface area contributed by atoms with Crippen molar-refractivity contribution in [2.45, 2.75) is 19.5 Å². The lowest BCUT2D eigenvalue weighted by Gasteiger charge is -2.43. The second-order valence-corrected chi connectivity index (χ2v) is 5.86. The van der Waals surface area contributed by atoms with E-state index in [1.165, 1.54) is 19.1 Å². The molecule has 1 atom stereocenters. The van der Waals surface area contributed by atoms with Gasteiger partial charge in [-0.1, -0.05) is 35.9 Å². The lowest BCUT2D eigenvalue weighted by molar-refractivity contribution is -0.120. The zero-order valence-corrected chi connectivity index (χ0v) is 13.7. The molecule has 1 aliphatic heterocycles. The van der Waals surface area contributed by atoms with Gasteiger partial charge in [0.2, 0.25) is 5.91 Å². The average molecular weight is 322 g/mol. The number of hydrogen-bond donors (Lipinski definition) is 1. The van der Waals surface area contributed by atoms with E-state index in [1.54, 1.807) is 12.1 Å². The third kappa shape index (κ3) is 2.95. The SMILES string of the molecule is CC(=O)NC1(c2ccc(F)cc2)C=CC=CN1c1ccc(C)cc1. The van der Waals surface area contributed by atoms with E-state index >= 15 is 0 Å². The predicted octanol–water partition coefficient (Wildman–Crippen LogP) is 4.01. The Morgan fingerprint density at radius 3 is 2.33 bits per heavy atom. The highest BCUT2D eigenvalue weighted by Crippen LogP contribution is 2.35. The van der Waals surface area contributed by atoms with E-state index in [4.69, 9.17) is 0 Å². The topological polar surface area (TPSA) is 32.3 Å². The van der Waals surface area contributed by atoms with Gasteiger partial charge in [0, 0.05) is 24.4 Å². The van der Waals surface area contributed by atoms with E-state index in [1.807, 2.05) is 60.5 Å². The van der Waals surface area contributed by atoms with Crippen LogP contribution in [0, 0.1) is 12.7 Å². The number of halogens is 1. The quantitative estimate of drug-likeness (QED) is 0.926. The molecule has 0 aliphatic carbocycles. The van der Waals surface area contributed by atoms with E-state index < -0.39 is 5.66 Å². The molecule has 0 radical (unpaired) electrons. The average Bonchev–Trinajstić information content (AvgIpc) is 2.56. The van der Waals surface area contributed by atoms with Gasteiger partial charge in [0.1, 0.15) is 5.82 Å². The highest BCUT2D eigenvalue weighted by atomic mass is 19.1. The van der Waals surface area contributed by atoms with Gasteiger partial charge in [-0.2, -0.15) is 0 Å². The molecule has 1 heterocycles. The van der Waals surface area contributed by atoms with Gasteiger partial charge in [-0.05, 0) is 43.3 Å². The normalized spacial score (nSPS) is 19.4. The van der Waals surface area contributed by atoms with Crippen molar-refractivity contribution in [3.8, 4) is 0 Å². The molecule has 0 aromatic heterocycles. The maximum atomic E-state index is 13.4. The number of allylic oxidation sites excluding steroid dienone is 2. The molecule has 122 valence electrons. The molecule has 1 amide bonds. The van der Waals surface area contributed by atoms with Gasteiger partial charge in [0.15, 0.2) is 5.66 Å². The number of benzene rings is 2. The molecule has 1 aliphatic rings. The van der Waals surface area contributed by atoms with Crippen LogP contribution in [0.25, 0.3) is 0 Å². The fraction of sp³-hybridized carbons (Fsp3) is 0.150. The number of carbonyl (C=O) groups excluding carboxylic acids is 1. The summed E-state index contributed by atoms with van der Waals surface area (Å²) in [6.07, 6.45) is 7.60. The predicted molar refractivity (Wildman–Crippen MR) is 93.8 cm³/mol. The van der Waals surface area contributed by atoms with Crippen LogP contribution in [0.3, 0.4) is 0 Å². The van der Waals surface area contributed by atoms with Crippen molar-refractivity contribution < 1.29 is 9.18 Å². The molecule has 24 heavy (non-hydrogen) atoms. The summed E-state index contributed by atoms with van der Waals surface area (Å²) in [6.45, 7) is 3.50. The summed E-state index contributed by atoms with van der Waals surface area (Å²) in [5, 5.41) is 3.02. The lowest BCUT2D eigenvalue weighted by atomic mass is 9.93. The summed E-state index contributed by atoms with van der Waals surface area (Å²) in [5.41, 5.74) is 1.96. The molecule has 0 saturated carbocycles. The largest absolute Gasteiger partial charge is 0.326 e. The van der Waals surface area contributed by atoms with Crippen LogP contribution < -0.4 is 10.2 Å². The fourth-order valence-corrected chi connectivity index (χ4v) is 2.91. The zero-order valence-electron chi connectivity index (χ0n) is 13.7. The molecule has 3 rings (SSSR count). The minimum atomic E-state index is -0.899.